The van der Waals surface area contributed by atoms with Crippen LogP contribution in [0.5, 0.6) is 5.75 Å². The van der Waals surface area contributed by atoms with Gasteiger partial charge in [-0.25, -0.2) is 9.98 Å². The molecule has 3 aromatic rings. The van der Waals surface area contributed by atoms with Gasteiger partial charge in [0.15, 0.2) is 11.0 Å². The van der Waals surface area contributed by atoms with E-state index in [1.807, 2.05) is 79.7 Å². The van der Waals surface area contributed by atoms with Gasteiger partial charge in [-0.05, 0) is 72.3 Å². The second-order valence-electron chi connectivity index (χ2n) is 6.73. The number of ether oxygens (including phenoxy) is 1. The van der Waals surface area contributed by atoms with Crippen LogP contribution in [0, 0.1) is 0 Å². The van der Waals surface area contributed by atoms with E-state index < -0.39 is 0 Å². The molecule has 0 unspecified atom stereocenters. The standard InChI is InChI=1S/C24H20ClN3O2S/c1-2-28-23(29)21(31-24(28)27-22-5-3-4-14-26-22)15-17-8-12-20(13-9-17)30-16-18-6-10-19(25)11-7-18/h3-15H,2,16H2,1H3/b21-15-,27-24+. The summed E-state index contributed by atoms with van der Waals surface area (Å²) in [6.45, 7) is 2.94. The minimum atomic E-state index is -0.0507. The monoisotopic (exact) mass is 449 g/mol. The summed E-state index contributed by atoms with van der Waals surface area (Å²) >= 11 is 7.27. The highest BCUT2D eigenvalue weighted by atomic mass is 35.5. The summed E-state index contributed by atoms with van der Waals surface area (Å²) < 4.78 is 5.83. The number of aromatic nitrogens is 1. The smallest absolute Gasteiger partial charge is 0.266 e. The lowest BCUT2D eigenvalue weighted by molar-refractivity contribution is -0.122. The van der Waals surface area contributed by atoms with Crippen LogP contribution in [0.3, 0.4) is 0 Å². The largest absolute Gasteiger partial charge is 0.489 e. The number of aliphatic imine (C=N–C) groups is 1. The Kier molecular flexibility index (Phi) is 6.70. The van der Waals surface area contributed by atoms with E-state index >= 15 is 0 Å². The van der Waals surface area contributed by atoms with E-state index in [2.05, 4.69) is 9.98 Å². The van der Waals surface area contributed by atoms with Crippen LogP contribution in [-0.4, -0.2) is 27.5 Å². The average Bonchev–Trinajstić information content (AvgIpc) is 3.08. The third kappa shape index (κ3) is 5.34. The van der Waals surface area contributed by atoms with Crippen molar-refractivity contribution in [2.45, 2.75) is 13.5 Å². The van der Waals surface area contributed by atoms with Crippen molar-refractivity contribution in [2.75, 3.05) is 6.54 Å². The molecule has 5 nitrogen and oxygen atoms in total. The van der Waals surface area contributed by atoms with Gasteiger partial charge in [-0.3, -0.25) is 9.69 Å². The van der Waals surface area contributed by atoms with E-state index in [-0.39, 0.29) is 5.91 Å². The fourth-order valence-corrected chi connectivity index (χ4v) is 4.12. The highest BCUT2D eigenvalue weighted by Crippen LogP contribution is 2.33. The van der Waals surface area contributed by atoms with Crippen LogP contribution in [0.25, 0.3) is 6.08 Å². The fourth-order valence-electron chi connectivity index (χ4n) is 2.95. The average molecular weight is 450 g/mol. The van der Waals surface area contributed by atoms with E-state index in [0.717, 1.165) is 16.9 Å². The minimum Gasteiger partial charge on any atom is -0.489 e. The minimum absolute atomic E-state index is 0.0507. The topological polar surface area (TPSA) is 54.8 Å². The fraction of sp³-hybridized carbons (Fsp3) is 0.125. The predicted octanol–water partition coefficient (Wildman–Crippen LogP) is 5.94. The molecule has 1 amide bonds. The van der Waals surface area contributed by atoms with Crippen LogP contribution in [0.4, 0.5) is 5.82 Å². The first-order valence-electron chi connectivity index (χ1n) is 9.81. The zero-order valence-electron chi connectivity index (χ0n) is 16.9. The molecule has 156 valence electrons. The molecule has 0 atom stereocenters. The maximum atomic E-state index is 12.8. The predicted molar refractivity (Wildman–Crippen MR) is 127 cm³/mol. The number of benzene rings is 2. The molecular formula is C24H20ClN3O2S. The number of likely N-dealkylation sites (N-methyl/N-ethyl adjacent to an activating group) is 1. The summed E-state index contributed by atoms with van der Waals surface area (Å²) in [6.07, 6.45) is 3.56. The lowest BCUT2D eigenvalue weighted by Crippen LogP contribution is -2.28. The van der Waals surface area contributed by atoms with Gasteiger partial charge in [-0.1, -0.05) is 41.9 Å². The molecule has 0 bridgehead atoms. The molecule has 0 radical (unpaired) electrons. The number of carbonyl (C=O) groups excluding carboxylic acids is 1. The molecular weight excluding hydrogens is 430 g/mol. The molecule has 1 fully saturated rings. The summed E-state index contributed by atoms with van der Waals surface area (Å²) in [5, 5.41) is 1.34. The Morgan fingerprint density at radius 1 is 1.10 bits per heavy atom. The van der Waals surface area contributed by atoms with Gasteiger partial charge >= 0.3 is 0 Å². The number of rotatable bonds is 6. The maximum Gasteiger partial charge on any atom is 0.266 e. The number of carbonyl (C=O) groups is 1. The number of pyridine rings is 1. The molecule has 0 spiro atoms. The Bertz CT molecular complexity index is 1110. The van der Waals surface area contributed by atoms with Crippen LogP contribution in [0.2, 0.25) is 5.02 Å². The summed E-state index contributed by atoms with van der Waals surface area (Å²) in [5.41, 5.74) is 1.97. The van der Waals surface area contributed by atoms with Crippen LogP contribution >= 0.6 is 23.4 Å². The normalized spacial score (nSPS) is 16.3. The van der Waals surface area contributed by atoms with E-state index in [9.17, 15) is 4.79 Å². The molecule has 0 aliphatic carbocycles. The van der Waals surface area contributed by atoms with Crippen LogP contribution in [-0.2, 0) is 11.4 Å². The second kappa shape index (κ2) is 9.81. The Labute approximate surface area is 190 Å². The Morgan fingerprint density at radius 2 is 1.87 bits per heavy atom. The van der Waals surface area contributed by atoms with Gasteiger partial charge in [-0.15, -0.1) is 0 Å². The van der Waals surface area contributed by atoms with Crippen LogP contribution < -0.4 is 4.74 Å². The lowest BCUT2D eigenvalue weighted by atomic mass is 10.2. The highest BCUT2D eigenvalue weighted by molar-refractivity contribution is 8.18. The number of hydrogen-bond acceptors (Lipinski definition) is 5. The third-order valence-electron chi connectivity index (χ3n) is 4.56. The van der Waals surface area contributed by atoms with E-state index in [1.54, 1.807) is 11.1 Å². The van der Waals surface area contributed by atoms with Crippen molar-refractivity contribution in [3.63, 3.8) is 0 Å². The molecule has 31 heavy (non-hydrogen) atoms. The molecule has 1 aliphatic rings. The summed E-state index contributed by atoms with van der Waals surface area (Å²) in [4.78, 5) is 23.8. The van der Waals surface area contributed by atoms with Crippen molar-refractivity contribution in [1.82, 2.24) is 9.88 Å². The van der Waals surface area contributed by atoms with Crippen molar-refractivity contribution < 1.29 is 9.53 Å². The van der Waals surface area contributed by atoms with Gasteiger partial charge in [0.25, 0.3) is 5.91 Å². The van der Waals surface area contributed by atoms with Gasteiger partial charge in [0.1, 0.15) is 12.4 Å². The van der Waals surface area contributed by atoms with Gasteiger partial charge in [0, 0.05) is 17.8 Å². The molecule has 7 heteroatoms. The van der Waals surface area contributed by atoms with E-state index in [1.165, 1.54) is 11.8 Å². The first kappa shape index (κ1) is 21.2. The number of amides is 1. The second-order valence-corrected chi connectivity index (χ2v) is 8.17. The Hall–Kier alpha value is -3.09. The van der Waals surface area contributed by atoms with Crippen LogP contribution in [0.15, 0.2) is 82.8 Å². The van der Waals surface area contributed by atoms with Crippen LogP contribution in [0.1, 0.15) is 18.1 Å². The Balaban J connectivity index is 1.45. The summed E-state index contributed by atoms with van der Waals surface area (Å²) in [6, 6.07) is 20.7. The van der Waals surface area contributed by atoms with E-state index in [0.29, 0.717) is 34.1 Å². The molecule has 0 saturated carbocycles. The number of amidine groups is 1. The molecule has 1 saturated heterocycles. The first-order valence-corrected chi connectivity index (χ1v) is 11.0. The molecule has 1 aliphatic heterocycles. The van der Waals surface area contributed by atoms with Crippen molar-refractivity contribution in [3.8, 4) is 5.75 Å². The number of nitrogens with zero attached hydrogens (tertiary/aromatic N) is 3. The first-order chi connectivity index (χ1) is 15.1. The molecule has 0 N–H and O–H groups in total. The van der Waals surface area contributed by atoms with Gasteiger partial charge < -0.3 is 4.74 Å². The molecule has 1 aromatic heterocycles. The molecule has 4 rings (SSSR count). The van der Waals surface area contributed by atoms with Crippen molar-refractivity contribution in [2.24, 2.45) is 4.99 Å². The number of halogens is 1. The summed E-state index contributed by atoms with van der Waals surface area (Å²) in [5.74, 6) is 1.29. The number of hydrogen-bond donors (Lipinski definition) is 0. The van der Waals surface area contributed by atoms with Gasteiger partial charge in [-0.2, -0.15) is 0 Å². The van der Waals surface area contributed by atoms with Crippen molar-refractivity contribution in [3.05, 3.63) is 94.0 Å². The van der Waals surface area contributed by atoms with Crippen molar-refractivity contribution >= 4 is 46.3 Å². The van der Waals surface area contributed by atoms with Gasteiger partial charge in [0.05, 0.1) is 4.91 Å². The third-order valence-corrected chi connectivity index (χ3v) is 5.82. The van der Waals surface area contributed by atoms with E-state index in [4.69, 9.17) is 16.3 Å². The summed E-state index contributed by atoms with van der Waals surface area (Å²) in [7, 11) is 0. The molecule has 2 heterocycles. The maximum absolute atomic E-state index is 12.8. The highest BCUT2D eigenvalue weighted by Gasteiger charge is 2.32. The number of thioether (sulfide) groups is 1. The molecule has 2 aromatic carbocycles. The lowest BCUT2D eigenvalue weighted by Gasteiger charge is -2.11. The van der Waals surface area contributed by atoms with Crippen molar-refractivity contribution in [1.29, 1.82) is 0 Å². The SMILES string of the molecule is CCN1C(=O)/C(=C/c2ccc(OCc3ccc(Cl)cc3)cc2)S/C1=N/c1ccccn1. The zero-order chi connectivity index (χ0) is 21.6. The van der Waals surface area contributed by atoms with Gasteiger partial charge in [0.2, 0.25) is 0 Å². The quantitative estimate of drug-likeness (QED) is 0.437. The Morgan fingerprint density at radius 3 is 2.55 bits per heavy atom. The zero-order valence-corrected chi connectivity index (χ0v) is 18.4.